The van der Waals surface area contributed by atoms with E-state index >= 15 is 0 Å². The van der Waals surface area contributed by atoms with Gasteiger partial charge in [-0.1, -0.05) is 0 Å². The van der Waals surface area contributed by atoms with Crippen LogP contribution in [-0.4, -0.2) is 19.6 Å². The van der Waals surface area contributed by atoms with Gasteiger partial charge in [0.25, 0.3) is 0 Å². The fraction of sp³-hybridized carbons (Fsp3) is 0.571. The first-order valence-electron chi connectivity index (χ1n) is 2.76. The molecule has 0 N–H and O–H groups in total. The van der Waals surface area contributed by atoms with Crippen LogP contribution in [0.3, 0.4) is 0 Å². The molecule has 0 radical (unpaired) electrons. The Kier molecular flexibility index (Phi) is 5.75. The minimum Gasteiger partial charge on any atom is -0.380 e. The standard InChI is InChI=1S/C7H11ClO/c1-7(6-8)4-3-5-9-2/h3H,5-6H2,1-2H3. The van der Waals surface area contributed by atoms with Crippen molar-refractivity contribution in [1.82, 2.24) is 0 Å². The number of halogens is 1. The van der Waals surface area contributed by atoms with Crippen molar-refractivity contribution in [3.8, 4) is 0 Å². The highest BCUT2D eigenvalue weighted by molar-refractivity contribution is 6.19. The van der Waals surface area contributed by atoms with Gasteiger partial charge < -0.3 is 4.74 Å². The van der Waals surface area contributed by atoms with Crippen molar-refractivity contribution in [1.29, 1.82) is 0 Å². The monoisotopic (exact) mass is 146 g/mol. The van der Waals surface area contributed by atoms with E-state index in [4.69, 9.17) is 16.3 Å². The lowest BCUT2D eigenvalue weighted by molar-refractivity contribution is 0.234. The van der Waals surface area contributed by atoms with Crippen LogP contribution in [0.25, 0.3) is 0 Å². The number of ether oxygens (including phenoxy) is 1. The average molecular weight is 147 g/mol. The van der Waals surface area contributed by atoms with Crippen LogP contribution in [0, 0.1) is 0 Å². The molecule has 0 spiro atoms. The minimum atomic E-state index is 0.542. The molecule has 0 unspecified atom stereocenters. The molecule has 0 saturated carbocycles. The van der Waals surface area contributed by atoms with Gasteiger partial charge >= 0.3 is 0 Å². The molecule has 52 valence electrons. The van der Waals surface area contributed by atoms with Crippen LogP contribution in [-0.2, 0) is 4.74 Å². The summed E-state index contributed by atoms with van der Waals surface area (Å²) in [6.07, 6.45) is 1.82. The molecule has 0 bridgehead atoms. The third kappa shape index (κ3) is 5.64. The lowest BCUT2D eigenvalue weighted by atomic mass is 10.4. The highest BCUT2D eigenvalue weighted by atomic mass is 35.5. The quantitative estimate of drug-likeness (QED) is 0.437. The van der Waals surface area contributed by atoms with Crippen LogP contribution in [0.5, 0.6) is 0 Å². The summed E-state index contributed by atoms with van der Waals surface area (Å²) in [5.74, 6) is 0.542. The molecule has 0 atom stereocenters. The summed E-state index contributed by atoms with van der Waals surface area (Å²) < 4.78 is 4.76. The van der Waals surface area contributed by atoms with Gasteiger partial charge in [0.05, 0.1) is 12.5 Å². The number of hydrogen-bond donors (Lipinski definition) is 0. The molecule has 1 nitrogen and oxygen atoms in total. The third-order valence-corrected chi connectivity index (χ3v) is 1.20. The van der Waals surface area contributed by atoms with E-state index in [9.17, 15) is 0 Å². The van der Waals surface area contributed by atoms with E-state index in [1.165, 1.54) is 0 Å². The summed E-state index contributed by atoms with van der Waals surface area (Å²) in [7, 11) is 1.65. The second-order valence-electron chi connectivity index (χ2n) is 1.72. The summed E-state index contributed by atoms with van der Waals surface area (Å²) in [4.78, 5) is 0. The molecule has 2 heteroatoms. The van der Waals surface area contributed by atoms with Gasteiger partial charge in [0.15, 0.2) is 0 Å². The summed E-state index contributed by atoms with van der Waals surface area (Å²) in [5, 5.41) is 0. The van der Waals surface area contributed by atoms with E-state index in [-0.39, 0.29) is 0 Å². The topological polar surface area (TPSA) is 9.23 Å². The van der Waals surface area contributed by atoms with E-state index in [1.54, 1.807) is 7.11 Å². The third-order valence-electron chi connectivity index (χ3n) is 0.799. The predicted octanol–water partition coefficient (Wildman–Crippen LogP) is 1.97. The summed E-state index contributed by atoms with van der Waals surface area (Å²) >= 11 is 5.47. The Balaban J connectivity index is 3.62. The molecule has 0 aliphatic heterocycles. The van der Waals surface area contributed by atoms with Gasteiger partial charge in [-0.2, -0.15) is 0 Å². The van der Waals surface area contributed by atoms with E-state index in [0.29, 0.717) is 12.5 Å². The molecule has 0 rings (SSSR count). The van der Waals surface area contributed by atoms with Crippen LogP contribution in [0.1, 0.15) is 6.92 Å². The summed E-state index contributed by atoms with van der Waals surface area (Å²) in [5.41, 5.74) is 4.00. The van der Waals surface area contributed by atoms with Crippen molar-refractivity contribution in [3.05, 3.63) is 17.4 Å². The van der Waals surface area contributed by atoms with Crippen molar-refractivity contribution in [2.75, 3.05) is 19.6 Å². The number of alkyl halides is 1. The summed E-state index contributed by atoms with van der Waals surface area (Å²) in [6, 6.07) is 0. The predicted molar refractivity (Wildman–Crippen MR) is 39.9 cm³/mol. The fourth-order valence-electron chi connectivity index (χ4n) is 0.338. The SMILES string of the molecule is COCC=C=C(C)CCl. The van der Waals surface area contributed by atoms with Crippen molar-refractivity contribution < 1.29 is 4.74 Å². The zero-order chi connectivity index (χ0) is 7.11. The first-order valence-corrected chi connectivity index (χ1v) is 3.30. The van der Waals surface area contributed by atoms with Gasteiger partial charge in [0.1, 0.15) is 0 Å². The van der Waals surface area contributed by atoms with Crippen molar-refractivity contribution >= 4 is 11.6 Å². The van der Waals surface area contributed by atoms with Crippen molar-refractivity contribution in [2.45, 2.75) is 6.92 Å². The van der Waals surface area contributed by atoms with Crippen LogP contribution in [0.2, 0.25) is 0 Å². The second-order valence-corrected chi connectivity index (χ2v) is 1.99. The van der Waals surface area contributed by atoms with Gasteiger partial charge in [-0.05, 0) is 18.6 Å². The molecule has 0 aliphatic rings. The summed E-state index contributed by atoms with van der Waals surface area (Å²) in [6.45, 7) is 2.54. The van der Waals surface area contributed by atoms with Crippen LogP contribution < -0.4 is 0 Å². The highest BCUT2D eigenvalue weighted by Gasteiger charge is 1.77. The molecule has 0 aromatic rings. The maximum absolute atomic E-state index is 5.47. The Hall–Kier alpha value is -0.230. The van der Waals surface area contributed by atoms with Crippen LogP contribution in [0.4, 0.5) is 0 Å². The van der Waals surface area contributed by atoms with Gasteiger partial charge in [-0.15, -0.1) is 17.3 Å². The number of hydrogen-bond acceptors (Lipinski definition) is 1. The Morgan fingerprint density at radius 2 is 2.44 bits per heavy atom. The lowest BCUT2D eigenvalue weighted by Gasteiger charge is -1.85. The average Bonchev–Trinajstić information content (AvgIpc) is 1.89. The maximum Gasteiger partial charge on any atom is 0.0717 e. The second kappa shape index (κ2) is 5.90. The number of rotatable bonds is 3. The van der Waals surface area contributed by atoms with Gasteiger partial charge in [0, 0.05) is 7.11 Å². The molecule has 0 aromatic carbocycles. The first-order chi connectivity index (χ1) is 4.31. The van der Waals surface area contributed by atoms with Crippen LogP contribution >= 0.6 is 11.6 Å². The van der Waals surface area contributed by atoms with Crippen molar-refractivity contribution in [3.63, 3.8) is 0 Å². The molecule has 0 fully saturated rings. The Morgan fingerprint density at radius 1 is 1.78 bits per heavy atom. The molecule has 0 saturated heterocycles. The Bertz CT molecular complexity index is 123. The zero-order valence-corrected chi connectivity index (χ0v) is 6.53. The fourth-order valence-corrected chi connectivity index (χ4v) is 0.415. The highest BCUT2D eigenvalue weighted by Crippen LogP contribution is 1.90. The normalized spacial score (nSPS) is 8.33. The molecule has 9 heavy (non-hydrogen) atoms. The van der Waals surface area contributed by atoms with Gasteiger partial charge in [0.2, 0.25) is 0 Å². The van der Waals surface area contributed by atoms with E-state index < -0.39 is 0 Å². The van der Waals surface area contributed by atoms with Crippen molar-refractivity contribution in [2.24, 2.45) is 0 Å². The number of methoxy groups -OCH3 is 1. The van der Waals surface area contributed by atoms with Gasteiger partial charge in [-0.25, -0.2) is 0 Å². The Morgan fingerprint density at radius 3 is 2.89 bits per heavy atom. The molecule has 0 aromatic heterocycles. The Labute approximate surface area is 61.0 Å². The lowest BCUT2D eigenvalue weighted by Crippen LogP contribution is -1.79. The minimum absolute atomic E-state index is 0.542. The molecule has 0 amide bonds. The molecule has 0 heterocycles. The van der Waals surface area contributed by atoms with E-state index in [0.717, 1.165) is 5.57 Å². The zero-order valence-electron chi connectivity index (χ0n) is 5.78. The maximum atomic E-state index is 5.47. The van der Waals surface area contributed by atoms with Gasteiger partial charge in [-0.3, -0.25) is 0 Å². The smallest absolute Gasteiger partial charge is 0.0717 e. The first kappa shape index (κ1) is 8.77. The van der Waals surface area contributed by atoms with E-state index in [1.807, 2.05) is 13.0 Å². The molecule has 0 aliphatic carbocycles. The largest absolute Gasteiger partial charge is 0.380 e. The van der Waals surface area contributed by atoms with E-state index in [2.05, 4.69) is 5.73 Å². The molecular weight excluding hydrogens is 136 g/mol. The van der Waals surface area contributed by atoms with Crippen LogP contribution in [0.15, 0.2) is 17.4 Å². The molecular formula is C7H11ClO.